The molecule has 0 radical (unpaired) electrons. The maximum absolute atomic E-state index is 12.3. The number of piperidine rings is 1. The summed E-state index contributed by atoms with van der Waals surface area (Å²) >= 11 is 0. The predicted molar refractivity (Wildman–Crippen MR) is 117 cm³/mol. The van der Waals surface area contributed by atoms with Crippen LogP contribution in [0.15, 0.2) is 24.4 Å². The standard InChI is InChI=1S/C23H36N4O2/c1-6-25(7-2)14-15-27-21-16-19(8-9-20(21)17-24-27)18-10-12-26(13-11-18)22(28)29-23(3,4)5/h8-9,16-18H,6-7,10-15H2,1-5H3. The van der Waals surface area contributed by atoms with Crippen LogP contribution in [-0.4, -0.2) is 64.0 Å². The minimum atomic E-state index is -0.442. The van der Waals surface area contributed by atoms with Gasteiger partial charge in [0, 0.05) is 25.0 Å². The number of amides is 1. The number of likely N-dealkylation sites (tertiary alicyclic amines) is 1. The fourth-order valence-electron chi connectivity index (χ4n) is 4.02. The van der Waals surface area contributed by atoms with E-state index in [1.54, 1.807) is 0 Å². The number of fused-ring (bicyclic) bond motifs is 1. The van der Waals surface area contributed by atoms with Gasteiger partial charge in [0.05, 0.1) is 18.3 Å². The Morgan fingerprint density at radius 3 is 2.52 bits per heavy atom. The Kier molecular flexibility index (Phi) is 6.83. The summed E-state index contributed by atoms with van der Waals surface area (Å²) in [6.45, 7) is 15.7. The van der Waals surface area contributed by atoms with Gasteiger partial charge in [-0.15, -0.1) is 0 Å². The lowest BCUT2D eigenvalue weighted by Gasteiger charge is -2.33. The van der Waals surface area contributed by atoms with E-state index in [4.69, 9.17) is 4.74 Å². The van der Waals surface area contributed by atoms with Crippen LogP contribution in [0.1, 0.15) is 58.9 Å². The van der Waals surface area contributed by atoms with Crippen LogP contribution in [0, 0.1) is 0 Å². The van der Waals surface area contributed by atoms with Crippen molar-refractivity contribution in [3.63, 3.8) is 0 Å². The SMILES string of the molecule is CCN(CC)CCn1ncc2ccc(C3CCN(C(=O)OC(C)(C)C)CC3)cc21. The summed E-state index contributed by atoms with van der Waals surface area (Å²) in [6.07, 6.45) is 3.71. The Labute approximate surface area is 174 Å². The van der Waals surface area contributed by atoms with Crippen molar-refractivity contribution in [1.29, 1.82) is 0 Å². The van der Waals surface area contributed by atoms with Crippen molar-refractivity contribution in [1.82, 2.24) is 19.6 Å². The van der Waals surface area contributed by atoms with E-state index >= 15 is 0 Å². The smallest absolute Gasteiger partial charge is 0.410 e. The van der Waals surface area contributed by atoms with Crippen LogP contribution < -0.4 is 0 Å². The highest BCUT2D eigenvalue weighted by molar-refractivity contribution is 5.79. The van der Waals surface area contributed by atoms with Crippen molar-refractivity contribution in [3.8, 4) is 0 Å². The number of hydrogen-bond donors (Lipinski definition) is 0. The van der Waals surface area contributed by atoms with Crippen LogP contribution in [-0.2, 0) is 11.3 Å². The molecule has 1 fully saturated rings. The molecule has 0 spiro atoms. The maximum Gasteiger partial charge on any atom is 0.410 e. The minimum Gasteiger partial charge on any atom is -0.444 e. The highest BCUT2D eigenvalue weighted by atomic mass is 16.6. The van der Waals surface area contributed by atoms with Gasteiger partial charge in [0.15, 0.2) is 0 Å². The zero-order valence-electron chi connectivity index (χ0n) is 18.6. The minimum absolute atomic E-state index is 0.194. The van der Waals surface area contributed by atoms with Crippen LogP contribution >= 0.6 is 0 Å². The van der Waals surface area contributed by atoms with Crippen LogP contribution in [0.2, 0.25) is 0 Å². The van der Waals surface area contributed by atoms with Crippen LogP contribution in [0.3, 0.4) is 0 Å². The van der Waals surface area contributed by atoms with Crippen LogP contribution in [0.4, 0.5) is 4.79 Å². The Balaban J connectivity index is 1.65. The molecule has 0 saturated carbocycles. The molecule has 1 aliphatic rings. The summed E-state index contributed by atoms with van der Waals surface area (Å²) in [5.41, 5.74) is 2.12. The van der Waals surface area contributed by atoms with Gasteiger partial charge in [-0.25, -0.2) is 4.79 Å². The number of rotatable bonds is 6. The number of likely N-dealkylation sites (N-methyl/N-ethyl adjacent to an activating group) is 1. The molecule has 0 bridgehead atoms. The Morgan fingerprint density at radius 2 is 1.90 bits per heavy atom. The summed E-state index contributed by atoms with van der Waals surface area (Å²) in [5, 5.41) is 5.81. The van der Waals surface area contributed by atoms with E-state index in [1.807, 2.05) is 31.9 Å². The molecule has 2 heterocycles. The van der Waals surface area contributed by atoms with Gasteiger partial charge in [-0.3, -0.25) is 4.68 Å². The van der Waals surface area contributed by atoms with Gasteiger partial charge in [0.25, 0.3) is 0 Å². The van der Waals surface area contributed by atoms with Crippen molar-refractivity contribution < 1.29 is 9.53 Å². The molecule has 6 nitrogen and oxygen atoms in total. The number of aromatic nitrogens is 2. The lowest BCUT2D eigenvalue weighted by atomic mass is 9.89. The lowest BCUT2D eigenvalue weighted by molar-refractivity contribution is 0.0205. The highest BCUT2D eigenvalue weighted by Crippen LogP contribution is 2.30. The third kappa shape index (κ3) is 5.50. The number of ether oxygens (including phenoxy) is 1. The fourth-order valence-corrected chi connectivity index (χ4v) is 4.02. The first-order chi connectivity index (χ1) is 13.8. The fraction of sp³-hybridized carbons (Fsp3) is 0.652. The number of benzene rings is 1. The highest BCUT2D eigenvalue weighted by Gasteiger charge is 2.27. The van der Waals surface area contributed by atoms with E-state index in [2.05, 4.69) is 46.7 Å². The molecule has 1 saturated heterocycles. The first-order valence-corrected chi connectivity index (χ1v) is 11.0. The molecule has 1 aromatic heterocycles. The molecule has 3 rings (SSSR count). The summed E-state index contributed by atoms with van der Waals surface area (Å²) in [7, 11) is 0. The topological polar surface area (TPSA) is 50.6 Å². The van der Waals surface area contributed by atoms with Crippen LogP contribution in [0.25, 0.3) is 10.9 Å². The van der Waals surface area contributed by atoms with Crippen molar-refractivity contribution in [2.45, 2.75) is 65.5 Å². The molecule has 0 atom stereocenters. The van der Waals surface area contributed by atoms with E-state index in [0.29, 0.717) is 5.92 Å². The average Bonchev–Trinajstić information content (AvgIpc) is 3.10. The second-order valence-corrected chi connectivity index (χ2v) is 8.95. The van der Waals surface area contributed by atoms with Gasteiger partial charge in [-0.05, 0) is 64.3 Å². The quantitative estimate of drug-likeness (QED) is 0.717. The number of carbonyl (C=O) groups excluding carboxylic acids is 1. The largest absolute Gasteiger partial charge is 0.444 e. The average molecular weight is 401 g/mol. The molecule has 2 aromatic rings. The second-order valence-electron chi connectivity index (χ2n) is 8.95. The molecular formula is C23H36N4O2. The Hall–Kier alpha value is -2.08. The first kappa shape index (κ1) is 21.6. The molecule has 0 aliphatic carbocycles. The molecule has 160 valence electrons. The third-order valence-electron chi connectivity index (χ3n) is 5.81. The molecule has 1 aliphatic heterocycles. The molecule has 0 unspecified atom stereocenters. The van der Waals surface area contributed by atoms with Crippen molar-refractivity contribution in [3.05, 3.63) is 30.0 Å². The lowest BCUT2D eigenvalue weighted by Crippen LogP contribution is -2.41. The molecule has 1 aromatic carbocycles. The predicted octanol–water partition coefficient (Wildman–Crippen LogP) is 4.49. The normalized spacial score (nSPS) is 16.0. The summed E-state index contributed by atoms with van der Waals surface area (Å²) in [6, 6.07) is 6.72. The molecule has 29 heavy (non-hydrogen) atoms. The van der Waals surface area contributed by atoms with Gasteiger partial charge in [-0.1, -0.05) is 26.0 Å². The van der Waals surface area contributed by atoms with Crippen LogP contribution in [0.5, 0.6) is 0 Å². The Morgan fingerprint density at radius 1 is 1.21 bits per heavy atom. The Bertz CT molecular complexity index is 812. The second kappa shape index (κ2) is 9.16. The third-order valence-corrected chi connectivity index (χ3v) is 5.81. The summed E-state index contributed by atoms with van der Waals surface area (Å²) < 4.78 is 7.65. The maximum atomic E-state index is 12.3. The zero-order valence-corrected chi connectivity index (χ0v) is 18.6. The zero-order chi connectivity index (χ0) is 21.0. The van der Waals surface area contributed by atoms with E-state index in [0.717, 1.165) is 52.1 Å². The molecule has 6 heteroatoms. The van der Waals surface area contributed by atoms with Gasteiger partial charge in [0.1, 0.15) is 5.60 Å². The van der Waals surface area contributed by atoms with Gasteiger partial charge in [0.2, 0.25) is 0 Å². The van der Waals surface area contributed by atoms with E-state index < -0.39 is 5.60 Å². The summed E-state index contributed by atoms with van der Waals surface area (Å²) in [4.78, 5) is 16.6. The molecule has 0 N–H and O–H groups in total. The van der Waals surface area contributed by atoms with Crippen molar-refractivity contribution in [2.75, 3.05) is 32.7 Å². The van der Waals surface area contributed by atoms with E-state index in [1.165, 1.54) is 16.5 Å². The first-order valence-electron chi connectivity index (χ1n) is 11.0. The van der Waals surface area contributed by atoms with Crippen molar-refractivity contribution in [2.24, 2.45) is 0 Å². The van der Waals surface area contributed by atoms with E-state index in [-0.39, 0.29) is 6.09 Å². The molecular weight excluding hydrogens is 364 g/mol. The number of carbonyl (C=O) groups is 1. The number of hydrogen-bond acceptors (Lipinski definition) is 4. The van der Waals surface area contributed by atoms with Gasteiger partial charge in [-0.2, -0.15) is 5.10 Å². The van der Waals surface area contributed by atoms with E-state index in [9.17, 15) is 4.79 Å². The summed E-state index contributed by atoms with van der Waals surface area (Å²) in [5.74, 6) is 0.476. The van der Waals surface area contributed by atoms with Gasteiger partial charge >= 0.3 is 6.09 Å². The number of nitrogens with zero attached hydrogens (tertiary/aromatic N) is 4. The van der Waals surface area contributed by atoms with Crippen molar-refractivity contribution >= 4 is 17.0 Å². The monoisotopic (exact) mass is 400 g/mol. The molecule has 1 amide bonds. The van der Waals surface area contributed by atoms with Gasteiger partial charge < -0.3 is 14.5 Å².